The fourth-order valence-corrected chi connectivity index (χ4v) is 1.74. The quantitative estimate of drug-likeness (QED) is 0.733. The third-order valence-corrected chi connectivity index (χ3v) is 2.58. The minimum Gasteiger partial charge on any atom is -0.508 e. The van der Waals surface area contributed by atoms with E-state index in [9.17, 15) is 0 Å². The van der Waals surface area contributed by atoms with Crippen LogP contribution in [0, 0.1) is 5.92 Å². The molecule has 1 aromatic carbocycles. The molecule has 0 fully saturated rings. The number of rotatable bonds is 6. The molecule has 0 aliphatic heterocycles. The van der Waals surface area contributed by atoms with Crippen molar-refractivity contribution in [3.05, 3.63) is 29.8 Å². The van der Waals surface area contributed by atoms with Crippen LogP contribution in [0.15, 0.2) is 24.3 Å². The van der Waals surface area contributed by atoms with Crippen molar-refractivity contribution in [2.45, 2.75) is 19.9 Å². The van der Waals surface area contributed by atoms with Gasteiger partial charge in [0.2, 0.25) is 0 Å². The Kier molecular flexibility index (Phi) is 5.51. The molecule has 0 aliphatic carbocycles. The lowest BCUT2D eigenvalue weighted by Crippen LogP contribution is -2.20. The second kappa shape index (κ2) is 6.70. The normalized spacial score (nSPS) is 12.7. The molecule has 1 aromatic rings. The number of nitrogens with one attached hydrogen (secondary N) is 1. The molecule has 0 heterocycles. The van der Waals surface area contributed by atoms with Crippen LogP contribution in [0.4, 0.5) is 0 Å². The zero-order valence-corrected chi connectivity index (χ0v) is 9.80. The SMILES string of the molecule is CC(CCCl)CNCc1ccc(O)cc1. The number of phenolic OH excluding ortho intramolecular Hbond substituents is 1. The molecule has 0 aliphatic rings. The van der Waals surface area contributed by atoms with Crippen molar-refractivity contribution in [1.29, 1.82) is 0 Å². The number of alkyl halides is 1. The van der Waals surface area contributed by atoms with Crippen molar-refractivity contribution in [2.24, 2.45) is 5.92 Å². The minimum atomic E-state index is 0.314. The van der Waals surface area contributed by atoms with Gasteiger partial charge in [-0.3, -0.25) is 0 Å². The number of aromatic hydroxyl groups is 1. The average Bonchev–Trinajstić information content (AvgIpc) is 2.21. The minimum absolute atomic E-state index is 0.314. The molecule has 0 aromatic heterocycles. The van der Waals surface area contributed by atoms with E-state index in [1.165, 1.54) is 5.56 Å². The highest BCUT2D eigenvalue weighted by Crippen LogP contribution is 2.09. The molecule has 1 rings (SSSR count). The Bertz CT molecular complexity index is 273. The van der Waals surface area contributed by atoms with Crippen molar-refractivity contribution in [2.75, 3.05) is 12.4 Å². The molecule has 0 spiro atoms. The van der Waals surface area contributed by atoms with E-state index < -0.39 is 0 Å². The highest BCUT2D eigenvalue weighted by atomic mass is 35.5. The van der Waals surface area contributed by atoms with Crippen molar-refractivity contribution >= 4 is 11.6 Å². The number of hydrogen-bond donors (Lipinski definition) is 2. The molecule has 2 N–H and O–H groups in total. The average molecular weight is 228 g/mol. The van der Waals surface area contributed by atoms with Gasteiger partial charge in [0, 0.05) is 12.4 Å². The fraction of sp³-hybridized carbons (Fsp3) is 0.500. The van der Waals surface area contributed by atoms with E-state index in [1.807, 2.05) is 12.1 Å². The standard InChI is InChI=1S/C12H18ClNO/c1-10(6-7-13)8-14-9-11-2-4-12(15)5-3-11/h2-5,10,14-15H,6-9H2,1H3. The highest BCUT2D eigenvalue weighted by molar-refractivity contribution is 6.17. The smallest absolute Gasteiger partial charge is 0.115 e. The van der Waals surface area contributed by atoms with Gasteiger partial charge < -0.3 is 10.4 Å². The van der Waals surface area contributed by atoms with Crippen LogP contribution in [0.3, 0.4) is 0 Å². The summed E-state index contributed by atoms with van der Waals surface area (Å²) in [4.78, 5) is 0. The Balaban J connectivity index is 2.22. The van der Waals surface area contributed by atoms with Crippen LogP contribution in [0.1, 0.15) is 18.9 Å². The molecule has 15 heavy (non-hydrogen) atoms. The first kappa shape index (κ1) is 12.3. The lowest BCUT2D eigenvalue weighted by Gasteiger charge is -2.10. The van der Waals surface area contributed by atoms with E-state index in [2.05, 4.69) is 12.2 Å². The first-order chi connectivity index (χ1) is 7.22. The molecule has 0 amide bonds. The summed E-state index contributed by atoms with van der Waals surface area (Å²) in [6.07, 6.45) is 1.05. The number of hydrogen-bond acceptors (Lipinski definition) is 2. The second-order valence-electron chi connectivity index (χ2n) is 3.88. The molecule has 2 nitrogen and oxygen atoms in total. The molecule has 3 heteroatoms. The lowest BCUT2D eigenvalue weighted by atomic mass is 10.1. The van der Waals surface area contributed by atoms with E-state index in [1.54, 1.807) is 12.1 Å². The summed E-state index contributed by atoms with van der Waals surface area (Å²) < 4.78 is 0. The molecule has 0 bridgehead atoms. The Morgan fingerprint density at radius 2 is 2.00 bits per heavy atom. The first-order valence-corrected chi connectivity index (χ1v) is 5.80. The first-order valence-electron chi connectivity index (χ1n) is 5.27. The molecule has 84 valence electrons. The van der Waals surface area contributed by atoms with Crippen LogP contribution >= 0.6 is 11.6 Å². The number of halogens is 1. The summed E-state index contributed by atoms with van der Waals surface area (Å²) in [7, 11) is 0. The van der Waals surface area contributed by atoms with Crippen LogP contribution in [0.5, 0.6) is 5.75 Å². The highest BCUT2D eigenvalue weighted by Gasteiger charge is 2.00. The molecule has 1 unspecified atom stereocenters. The van der Waals surface area contributed by atoms with Gasteiger partial charge in [-0.05, 0) is 36.6 Å². The van der Waals surface area contributed by atoms with Gasteiger partial charge in [0.05, 0.1) is 0 Å². The van der Waals surface area contributed by atoms with Crippen LogP contribution in [-0.2, 0) is 6.54 Å². The monoisotopic (exact) mass is 227 g/mol. The molecule has 0 radical (unpaired) electrons. The van der Waals surface area contributed by atoms with Crippen LogP contribution in [0.25, 0.3) is 0 Å². The zero-order chi connectivity index (χ0) is 11.1. The summed E-state index contributed by atoms with van der Waals surface area (Å²) in [6, 6.07) is 7.27. The van der Waals surface area contributed by atoms with Gasteiger partial charge in [-0.2, -0.15) is 0 Å². The van der Waals surface area contributed by atoms with Crippen molar-refractivity contribution in [1.82, 2.24) is 5.32 Å². The largest absolute Gasteiger partial charge is 0.508 e. The lowest BCUT2D eigenvalue weighted by molar-refractivity contribution is 0.474. The van der Waals surface area contributed by atoms with Gasteiger partial charge in [-0.1, -0.05) is 19.1 Å². The maximum Gasteiger partial charge on any atom is 0.115 e. The van der Waals surface area contributed by atoms with Gasteiger partial charge in [0.1, 0.15) is 5.75 Å². The predicted molar refractivity (Wildman–Crippen MR) is 64.3 cm³/mol. The molecule has 1 atom stereocenters. The second-order valence-corrected chi connectivity index (χ2v) is 4.26. The molecule has 0 saturated heterocycles. The van der Waals surface area contributed by atoms with E-state index in [-0.39, 0.29) is 0 Å². The predicted octanol–water partition coefficient (Wildman–Crippen LogP) is 2.75. The maximum atomic E-state index is 9.11. The summed E-state index contributed by atoms with van der Waals surface area (Å²) in [6.45, 7) is 4.01. The number of benzene rings is 1. The van der Waals surface area contributed by atoms with E-state index in [0.29, 0.717) is 11.7 Å². The molecule has 0 saturated carbocycles. The third kappa shape index (κ3) is 5.05. The summed E-state index contributed by atoms with van der Waals surface area (Å²) >= 11 is 5.65. The van der Waals surface area contributed by atoms with Gasteiger partial charge >= 0.3 is 0 Å². The van der Waals surface area contributed by atoms with E-state index in [4.69, 9.17) is 16.7 Å². The summed E-state index contributed by atoms with van der Waals surface area (Å²) in [5.41, 5.74) is 1.19. The molecular weight excluding hydrogens is 210 g/mol. The van der Waals surface area contributed by atoms with E-state index in [0.717, 1.165) is 25.4 Å². The number of phenols is 1. The van der Waals surface area contributed by atoms with Gasteiger partial charge in [-0.15, -0.1) is 11.6 Å². The van der Waals surface area contributed by atoms with Gasteiger partial charge in [-0.25, -0.2) is 0 Å². The fourth-order valence-electron chi connectivity index (χ4n) is 1.37. The maximum absolute atomic E-state index is 9.11. The van der Waals surface area contributed by atoms with Crippen molar-refractivity contribution < 1.29 is 5.11 Å². The summed E-state index contributed by atoms with van der Waals surface area (Å²) in [5.74, 6) is 1.65. The third-order valence-electron chi connectivity index (χ3n) is 2.36. The van der Waals surface area contributed by atoms with Crippen molar-refractivity contribution in [3.8, 4) is 5.75 Å². The van der Waals surface area contributed by atoms with Crippen LogP contribution in [0.2, 0.25) is 0 Å². The van der Waals surface area contributed by atoms with Crippen LogP contribution in [-0.4, -0.2) is 17.5 Å². The van der Waals surface area contributed by atoms with Gasteiger partial charge in [0.15, 0.2) is 0 Å². The van der Waals surface area contributed by atoms with Gasteiger partial charge in [0.25, 0.3) is 0 Å². The zero-order valence-electron chi connectivity index (χ0n) is 9.04. The molecular formula is C12H18ClNO. The Labute approximate surface area is 96.3 Å². The summed E-state index contributed by atoms with van der Waals surface area (Å²) in [5, 5.41) is 12.5. The van der Waals surface area contributed by atoms with Crippen molar-refractivity contribution in [3.63, 3.8) is 0 Å². The topological polar surface area (TPSA) is 32.3 Å². The van der Waals surface area contributed by atoms with Crippen LogP contribution < -0.4 is 5.32 Å². The Morgan fingerprint density at radius 3 is 2.60 bits per heavy atom. The Morgan fingerprint density at radius 1 is 1.33 bits per heavy atom. The Hall–Kier alpha value is -0.730. The van der Waals surface area contributed by atoms with E-state index >= 15 is 0 Å².